The molecule has 0 aliphatic heterocycles. The van der Waals surface area contributed by atoms with Crippen LogP contribution in [-0.2, 0) is 32.7 Å². The molecule has 0 fully saturated rings. The molecule has 0 bridgehead atoms. The minimum absolute atomic E-state index is 0.181. The van der Waals surface area contributed by atoms with Crippen LogP contribution >= 0.6 is 7.82 Å². The second-order valence-corrected chi connectivity index (χ2v) is 12.6. The highest BCUT2D eigenvalue weighted by Crippen LogP contribution is 2.43. The molecule has 1 unspecified atom stereocenters. The van der Waals surface area contributed by atoms with Crippen LogP contribution in [0.3, 0.4) is 0 Å². The van der Waals surface area contributed by atoms with E-state index in [-0.39, 0.29) is 19.4 Å². The summed E-state index contributed by atoms with van der Waals surface area (Å²) in [5.41, 5.74) is 0. The molecule has 0 aromatic heterocycles. The van der Waals surface area contributed by atoms with Crippen LogP contribution < -0.4 is 0 Å². The van der Waals surface area contributed by atoms with E-state index >= 15 is 0 Å². The number of rotatable bonds is 31. The van der Waals surface area contributed by atoms with Crippen LogP contribution in [-0.4, -0.2) is 65.7 Å². The summed E-state index contributed by atoms with van der Waals surface area (Å²) in [4.78, 5) is 34.5. The third kappa shape index (κ3) is 29.2. The average molecular weight is 637 g/mol. The number of aliphatic hydroxyl groups is 2. The fourth-order valence-electron chi connectivity index (χ4n) is 4.35. The predicted octanol–water partition coefficient (Wildman–Crippen LogP) is 7.33. The Morgan fingerprint density at radius 3 is 1.77 bits per heavy atom. The van der Waals surface area contributed by atoms with Gasteiger partial charge in [-0.05, 0) is 32.1 Å². The van der Waals surface area contributed by atoms with Crippen LogP contribution in [0.1, 0.15) is 142 Å². The third-order valence-corrected chi connectivity index (χ3v) is 7.88. The molecule has 0 aromatic carbocycles. The molecule has 0 saturated heterocycles. The summed E-state index contributed by atoms with van der Waals surface area (Å²) < 4.78 is 32.4. The number of phosphoric ester groups is 1. The smallest absolute Gasteiger partial charge is 0.462 e. The number of phosphoric acid groups is 1. The zero-order valence-corrected chi connectivity index (χ0v) is 27.8. The molecular formula is C32H61O10P. The summed E-state index contributed by atoms with van der Waals surface area (Å²) >= 11 is 0. The zero-order chi connectivity index (χ0) is 32.0. The van der Waals surface area contributed by atoms with Gasteiger partial charge in [0.15, 0.2) is 6.10 Å². The molecule has 0 heterocycles. The summed E-state index contributed by atoms with van der Waals surface area (Å²) in [5.74, 6) is -0.935. The SMILES string of the molecule is CC/C=C\CCCCCCCCCC(=O)O[C@H](COC(=O)CCCCCCCCCCC)COP(=O)(O)OC[C@@H](O)CO. The van der Waals surface area contributed by atoms with Gasteiger partial charge in [0.25, 0.3) is 0 Å². The predicted molar refractivity (Wildman–Crippen MR) is 168 cm³/mol. The van der Waals surface area contributed by atoms with Crippen LogP contribution in [0.15, 0.2) is 12.2 Å². The molecule has 11 heteroatoms. The van der Waals surface area contributed by atoms with Gasteiger partial charge >= 0.3 is 19.8 Å². The number of allylic oxidation sites excluding steroid dienone is 2. The highest BCUT2D eigenvalue weighted by molar-refractivity contribution is 7.47. The first-order valence-corrected chi connectivity index (χ1v) is 18.1. The summed E-state index contributed by atoms with van der Waals surface area (Å²) in [6, 6.07) is 0. The summed E-state index contributed by atoms with van der Waals surface area (Å²) in [5, 5.41) is 18.2. The van der Waals surface area contributed by atoms with Crippen molar-refractivity contribution in [2.45, 2.75) is 154 Å². The third-order valence-electron chi connectivity index (χ3n) is 6.93. The van der Waals surface area contributed by atoms with E-state index in [1.165, 1.54) is 51.4 Å². The van der Waals surface area contributed by atoms with Gasteiger partial charge in [0.05, 0.1) is 19.8 Å². The van der Waals surface area contributed by atoms with Crippen LogP contribution in [0.4, 0.5) is 0 Å². The maximum Gasteiger partial charge on any atom is 0.472 e. The van der Waals surface area contributed by atoms with Crippen LogP contribution in [0.2, 0.25) is 0 Å². The van der Waals surface area contributed by atoms with Crippen molar-refractivity contribution < 1.29 is 47.8 Å². The Kier molecular flexibility index (Phi) is 28.5. The molecular weight excluding hydrogens is 575 g/mol. The Morgan fingerprint density at radius 1 is 0.698 bits per heavy atom. The minimum atomic E-state index is -4.60. The van der Waals surface area contributed by atoms with Gasteiger partial charge in [0.2, 0.25) is 0 Å². The topological polar surface area (TPSA) is 149 Å². The maximum absolute atomic E-state index is 12.4. The fourth-order valence-corrected chi connectivity index (χ4v) is 5.14. The largest absolute Gasteiger partial charge is 0.472 e. The Hall–Kier alpha value is -1.29. The van der Waals surface area contributed by atoms with Crippen molar-refractivity contribution in [3.63, 3.8) is 0 Å². The first-order chi connectivity index (χ1) is 20.7. The molecule has 0 aromatic rings. The lowest BCUT2D eigenvalue weighted by atomic mass is 10.1. The molecule has 0 aliphatic rings. The average Bonchev–Trinajstić information content (AvgIpc) is 2.99. The standard InChI is InChI=1S/C32H61O10P/c1-3-5-7-9-11-13-14-16-18-20-22-24-32(36)42-30(28-41-43(37,38)40-26-29(34)25-33)27-39-31(35)23-21-19-17-15-12-10-8-6-4-2/h5,7,29-30,33-34H,3-4,6,8-28H2,1-2H3,(H,37,38)/b7-5-/t29-,30+/m0/s1. The first kappa shape index (κ1) is 41.7. The quantitative estimate of drug-likeness (QED) is 0.0306. The molecule has 0 rings (SSSR count). The van der Waals surface area contributed by atoms with Crippen molar-refractivity contribution in [1.29, 1.82) is 0 Å². The van der Waals surface area contributed by atoms with Crippen molar-refractivity contribution in [2.24, 2.45) is 0 Å². The maximum atomic E-state index is 12.4. The molecule has 3 atom stereocenters. The molecule has 254 valence electrons. The van der Waals surface area contributed by atoms with E-state index in [4.69, 9.17) is 19.1 Å². The molecule has 0 amide bonds. The van der Waals surface area contributed by atoms with E-state index in [0.717, 1.165) is 51.4 Å². The molecule has 0 radical (unpaired) electrons. The van der Waals surface area contributed by atoms with Crippen molar-refractivity contribution >= 4 is 19.8 Å². The Labute approximate surface area is 260 Å². The van der Waals surface area contributed by atoms with E-state index < -0.39 is 51.8 Å². The van der Waals surface area contributed by atoms with E-state index in [9.17, 15) is 24.2 Å². The number of carbonyl (C=O) groups excluding carboxylic acids is 2. The van der Waals surface area contributed by atoms with Crippen molar-refractivity contribution in [1.82, 2.24) is 0 Å². The lowest BCUT2D eigenvalue weighted by molar-refractivity contribution is -0.161. The number of hydrogen-bond donors (Lipinski definition) is 3. The van der Waals surface area contributed by atoms with Crippen molar-refractivity contribution in [3.05, 3.63) is 12.2 Å². The van der Waals surface area contributed by atoms with Gasteiger partial charge in [-0.1, -0.05) is 109 Å². The van der Waals surface area contributed by atoms with E-state index in [1.54, 1.807) is 0 Å². The molecule has 0 spiro atoms. The number of carbonyl (C=O) groups is 2. The fraction of sp³-hybridized carbons (Fsp3) is 0.875. The van der Waals surface area contributed by atoms with Gasteiger partial charge in [0.1, 0.15) is 12.7 Å². The number of unbranched alkanes of at least 4 members (excludes halogenated alkanes) is 15. The van der Waals surface area contributed by atoms with Crippen molar-refractivity contribution in [3.8, 4) is 0 Å². The van der Waals surface area contributed by atoms with Gasteiger partial charge in [-0.25, -0.2) is 4.57 Å². The summed E-state index contributed by atoms with van der Waals surface area (Å²) in [6.45, 7) is 2.22. The number of hydrogen-bond acceptors (Lipinski definition) is 9. The lowest BCUT2D eigenvalue weighted by Gasteiger charge is -2.20. The normalized spacial score (nSPS) is 14.4. The minimum Gasteiger partial charge on any atom is -0.462 e. The van der Waals surface area contributed by atoms with Crippen LogP contribution in [0.5, 0.6) is 0 Å². The highest BCUT2D eigenvalue weighted by Gasteiger charge is 2.27. The number of aliphatic hydroxyl groups excluding tert-OH is 2. The zero-order valence-electron chi connectivity index (χ0n) is 26.9. The first-order valence-electron chi connectivity index (χ1n) is 16.6. The van der Waals surface area contributed by atoms with E-state index in [1.807, 2.05) is 0 Å². The van der Waals surface area contributed by atoms with Crippen LogP contribution in [0.25, 0.3) is 0 Å². The number of esters is 2. The van der Waals surface area contributed by atoms with E-state index in [2.05, 4.69) is 30.5 Å². The molecule has 0 saturated carbocycles. The van der Waals surface area contributed by atoms with Gasteiger partial charge in [-0.15, -0.1) is 0 Å². The van der Waals surface area contributed by atoms with Gasteiger partial charge in [-0.3, -0.25) is 18.6 Å². The monoisotopic (exact) mass is 636 g/mol. The van der Waals surface area contributed by atoms with Gasteiger partial charge in [0, 0.05) is 12.8 Å². The summed E-state index contributed by atoms with van der Waals surface area (Å²) in [6.07, 6.45) is 22.0. The Balaban J connectivity index is 4.45. The second kappa shape index (κ2) is 29.4. The molecule has 43 heavy (non-hydrogen) atoms. The Bertz CT molecular complexity index is 746. The molecule has 3 N–H and O–H groups in total. The highest BCUT2D eigenvalue weighted by atomic mass is 31.2. The molecule has 10 nitrogen and oxygen atoms in total. The van der Waals surface area contributed by atoms with Gasteiger partial charge in [-0.2, -0.15) is 0 Å². The van der Waals surface area contributed by atoms with E-state index in [0.29, 0.717) is 12.8 Å². The lowest BCUT2D eigenvalue weighted by Crippen LogP contribution is -2.29. The van der Waals surface area contributed by atoms with Crippen molar-refractivity contribution in [2.75, 3.05) is 26.4 Å². The molecule has 0 aliphatic carbocycles. The number of ether oxygens (including phenoxy) is 2. The van der Waals surface area contributed by atoms with Gasteiger partial charge < -0.3 is 24.6 Å². The van der Waals surface area contributed by atoms with Crippen LogP contribution in [0, 0.1) is 0 Å². The summed E-state index contributed by atoms with van der Waals surface area (Å²) in [7, 11) is -4.60. The Morgan fingerprint density at radius 2 is 1.21 bits per heavy atom. The second-order valence-electron chi connectivity index (χ2n) is 11.2.